The number of fused-ring (bicyclic) bond motifs is 1. The van der Waals surface area contributed by atoms with Crippen LogP contribution in [0.4, 0.5) is 11.5 Å². The van der Waals surface area contributed by atoms with Gasteiger partial charge in [-0.1, -0.05) is 0 Å². The molecule has 1 aliphatic rings. The van der Waals surface area contributed by atoms with Gasteiger partial charge in [0.05, 0.1) is 5.69 Å². The summed E-state index contributed by atoms with van der Waals surface area (Å²) in [6.45, 7) is 0.546. The zero-order chi connectivity index (χ0) is 15.0. The quantitative estimate of drug-likeness (QED) is 0.690. The molecule has 7 nitrogen and oxygen atoms in total. The lowest BCUT2D eigenvalue weighted by atomic mass is 9.99. The van der Waals surface area contributed by atoms with Crippen LogP contribution in [0.2, 0.25) is 0 Å². The van der Waals surface area contributed by atoms with E-state index >= 15 is 0 Å². The minimum Gasteiger partial charge on any atom is -0.479 e. The van der Waals surface area contributed by atoms with Crippen LogP contribution in [0.1, 0.15) is 16.5 Å². The van der Waals surface area contributed by atoms with E-state index in [-0.39, 0.29) is 5.82 Å². The molecule has 1 N–H and O–H groups in total. The van der Waals surface area contributed by atoms with E-state index in [9.17, 15) is 20.0 Å². The predicted octanol–water partition coefficient (Wildman–Crippen LogP) is 2.24. The SMILES string of the molecule is O=C(O)C1c2ccsc2CCN1c1ccc([N+](=O)[O-])nc1. The highest BCUT2D eigenvalue weighted by Gasteiger charge is 2.34. The van der Waals surface area contributed by atoms with Gasteiger partial charge in [0.25, 0.3) is 0 Å². The van der Waals surface area contributed by atoms with Crippen LogP contribution in [0.25, 0.3) is 0 Å². The fourth-order valence-corrected chi connectivity index (χ4v) is 3.42. The minimum atomic E-state index is -0.937. The predicted molar refractivity (Wildman–Crippen MR) is 76.6 cm³/mol. The second-order valence-corrected chi connectivity index (χ2v) is 5.62. The number of anilines is 1. The van der Waals surface area contributed by atoms with Gasteiger partial charge in [0.1, 0.15) is 0 Å². The molecule has 0 saturated carbocycles. The maximum absolute atomic E-state index is 11.6. The van der Waals surface area contributed by atoms with Gasteiger partial charge in [0.15, 0.2) is 12.2 Å². The molecule has 3 heterocycles. The number of thiophene rings is 1. The molecular weight excluding hydrogens is 294 g/mol. The van der Waals surface area contributed by atoms with E-state index in [2.05, 4.69) is 4.98 Å². The van der Waals surface area contributed by atoms with Crippen molar-refractivity contribution < 1.29 is 14.8 Å². The summed E-state index contributed by atoms with van der Waals surface area (Å²) in [5, 5.41) is 22.0. The molecule has 0 saturated heterocycles. The Labute approximate surface area is 123 Å². The number of aliphatic carboxylic acids is 1. The lowest BCUT2D eigenvalue weighted by molar-refractivity contribution is -0.389. The van der Waals surface area contributed by atoms with Crippen molar-refractivity contribution >= 4 is 28.8 Å². The van der Waals surface area contributed by atoms with E-state index in [1.54, 1.807) is 22.3 Å². The van der Waals surface area contributed by atoms with Crippen molar-refractivity contribution in [3.63, 3.8) is 0 Å². The first-order chi connectivity index (χ1) is 10.1. The van der Waals surface area contributed by atoms with Crippen LogP contribution in [0.5, 0.6) is 0 Å². The first-order valence-corrected chi connectivity index (χ1v) is 7.12. The van der Waals surface area contributed by atoms with Crippen LogP contribution < -0.4 is 4.90 Å². The third kappa shape index (κ3) is 2.33. The third-order valence-corrected chi connectivity index (χ3v) is 4.45. The number of rotatable bonds is 3. The summed E-state index contributed by atoms with van der Waals surface area (Å²) >= 11 is 1.56. The minimum absolute atomic E-state index is 0.251. The molecule has 108 valence electrons. The third-order valence-electron chi connectivity index (χ3n) is 3.45. The highest BCUT2D eigenvalue weighted by molar-refractivity contribution is 7.10. The topological polar surface area (TPSA) is 96.6 Å². The number of nitrogens with zero attached hydrogens (tertiary/aromatic N) is 3. The summed E-state index contributed by atoms with van der Waals surface area (Å²) in [7, 11) is 0. The Kier molecular flexibility index (Phi) is 3.30. The molecule has 2 aromatic rings. The van der Waals surface area contributed by atoms with Gasteiger partial charge in [-0.05, 0) is 39.4 Å². The van der Waals surface area contributed by atoms with Gasteiger partial charge in [-0.2, -0.15) is 0 Å². The zero-order valence-corrected chi connectivity index (χ0v) is 11.6. The van der Waals surface area contributed by atoms with Gasteiger partial charge in [-0.3, -0.25) is 0 Å². The number of carboxylic acid groups (broad SMARTS) is 1. The summed E-state index contributed by atoms with van der Waals surface area (Å²) in [6, 6.07) is 3.88. The van der Waals surface area contributed by atoms with E-state index in [4.69, 9.17) is 0 Å². The summed E-state index contributed by atoms with van der Waals surface area (Å²) in [5.74, 6) is -1.19. The summed E-state index contributed by atoms with van der Waals surface area (Å²) in [5.41, 5.74) is 1.36. The van der Waals surface area contributed by atoms with E-state index < -0.39 is 16.9 Å². The van der Waals surface area contributed by atoms with Crippen LogP contribution >= 0.6 is 11.3 Å². The molecular formula is C13H11N3O4S. The van der Waals surface area contributed by atoms with Crippen molar-refractivity contribution in [2.75, 3.05) is 11.4 Å². The Balaban J connectivity index is 1.98. The Morgan fingerprint density at radius 2 is 2.29 bits per heavy atom. The average Bonchev–Trinajstić information content (AvgIpc) is 2.94. The fraction of sp³-hybridized carbons (Fsp3) is 0.231. The van der Waals surface area contributed by atoms with Crippen LogP contribution in [0.15, 0.2) is 29.8 Å². The van der Waals surface area contributed by atoms with E-state index in [0.717, 1.165) is 16.9 Å². The second-order valence-electron chi connectivity index (χ2n) is 4.61. The molecule has 21 heavy (non-hydrogen) atoms. The molecule has 1 unspecified atom stereocenters. The lowest BCUT2D eigenvalue weighted by Crippen LogP contribution is -2.39. The van der Waals surface area contributed by atoms with Crippen molar-refractivity contribution in [1.29, 1.82) is 0 Å². The Morgan fingerprint density at radius 3 is 2.90 bits per heavy atom. The molecule has 0 spiro atoms. The number of nitro groups is 1. The normalized spacial score (nSPS) is 17.3. The van der Waals surface area contributed by atoms with E-state index in [0.29, 0.717) is 12.2 Å². The first-order valence-electron chi connectivity index (χ1n) is 6.24. The molecule has 0 amide bonds. The fourth-order valence-electron chi connectivity index (χ4n) is 2.52. The Hall–Kier alpha value is -2.48. The summed E-state index contributed by atoms with van der Waals surface area (Å²) in [6.07, 6.45) is 2.11. The monoisotopic (exact) mass is 305 g/mol. The molecule has 1 aliphatic heterocycles. The van der Waals surface area contributed by atoms with Gasteiger partial charge in [0.2, 0.25) is 0 Å². The van der Waals surface area contributed by atoms with Crippen LogP contribution in [0, 0.1) is 10.1 Å². The number of aromatic nitrogens is 1. The number of hydrogen-bond donors (Lipinski definition) is 1. The van der Waals surface area contributed by atoms with Crippen molar-refractivity contribution in [2.45, 2.75) is 12.5 Å². The molecule has 3 rings (SSSR count). The molecule has 0 fully saturated rings. The Morgan fingerprint density at radius 1 is 1.48 bits per heavy atom. The van der Waals surface area contributed by atoms with Gasteiger partial charge in [0, 0.05) is 17.5 Å². The Bertz CT molecular complexity index is 698. The van der Waals surface area contributed by atoms with Gasteiger partial charge >= 0.3 is 11.8 Å². The number of pyridine rings is 1. The molecule has 2 aromatic heterocycles. The van der Waals surface area contributed by atoms with Crippen LogP contribution in [0.3, 0.4) is 0 Å². The van der Waals surface area contributed by atoms with Crippen molar-refractivity contribution in [1.82, 2.24) is 4.98 Å². The zero-order valence-electron chi connectivity index (χ0n) is 10.8. The average molecular weight is 305 g/mol. The van der Waals surface area contributed by atoms with Crippen molar-refractivity contribution in [3.8, 4) is 0 Å². The molecule has 0 bridgehead atoms. The van der Waals surface area contributed by atoms with E-state index in [1.807, 2.05) is 11.4 Å². The maximum Gasteiger partial charge on any atom is 0.363 e. The molecule has 1 atom stereocenters. The second kappa shape index (κ2) is 5.13. The first kappa shape index (κ1) is 13.5. The summed E-state index contributed by atoms with van der Waals surface area (Å²) < 4.78 is 0. The summed E-state index contributed by atoms with van der Waals surface area (Å²) in [4.78, 5) is 28.2. The van der Waals surface area contributed by atoms with Gasteiger partial charge < -0.3 is 20.1 Å². The highest BCUT2D eigenvalue weighted by atomic mass is 32.1. The van der Waals surface area contributed by atoms with Crippen LogP contribution in [-0.2, 0) is 11.2 Å². The maximum atomic E-state index is 11.6. The highest BCUT2D eigenvalue weighted by Crippen LogP contribution is 2.36. The van der Waals surface area contributed by atoms with Crippen molar-refractivity contribution in [2.24, 2.45) is 0 Å². The van der Waals surface area contributed by atoms with Gasteiger partial charge in [-0.15, -0.1) is 11.3 Å². The van der Waals surface area contributed by atoms with Gasteiger partial charge in [-0.25, -0.2) is 4.79 Å². The number of carboxylic acids is 1. The smallest absolute Gasteiger partial charge is 0.363 e. The number of hydrogen-bond acceptors (Lipinski definition) is 6. The van der Waals surface area contributed by atoms with Crippen molar-refractivity contribution in [3.05, 3.63) is 50.3 Å². The lowest BCUT2D eigenvalue weighted by Gasteiger charge is -2.34. The molecule has 0 radical (unpaired) electrons. The molecule has 8 heteroatoms. The molecule has 0 aliphatic carbocycles. The van der Waals surface area contributed by atoms with Crippen LogP contribution in [-0.4, -0.2) is 27.5 Å². The van der Waals surface area contributed by atoms with E-state index in [1.165, 1.54) is 12.3 Å². The number of carbonyl (C=O) groups is 1. The molecule has 0 aromatic carbocycles. The largest absolute Gasteiger partial charge is 0.479 e. The standard InChI is InChI=1S/C13H11N3O4S/c17-13(18)12-9-4-6-21-10(9)3-5-15(12)8-1-2-11(14-7-8)16(19)20/h1-2,4,6-7,12H,3,5H2,(H,17,18).